The Hall–Kier alpha value is -0.970. The highest BCUT2D eigenvalue weighted by Crippen LogP contribution is 2.25. The fraction of sp³-hybridized carbons (Fsp3) is 0.417. The first-order valence-electron chi connectivity index (χ1n) is 5.84. The second-order valence-corrected chi connectivity index (χ2v) is 4.94. The van der Waals surface area contributed by atoms with Crippen molar-refractivity contribution in [1.29, 1.82) is 0 Å². The third-order valence-electron chi connectivity index (χ3n) is 2.69. The van der Waals surface area contributed by atoms with Gasteiger partial charge in [0, 0.05) is 18.8 Å². The molecule has 0 radical (unpaired) electrons. The van der Waals surface area contributed by atoms with Crippen LogP contribution < -0.4 is 5.32 Å². The van der Waals surface area contributed by atoms with Gasteiger partial charge < -0.3 is 4.84 Å². The van der Waals surface area contributed by atoms with Gasteiger partial charge in [0.25, 0.3) is 0 Å². The van der Waals surface area contributed by atoms with Gasteiger partial charge in [0.15, 0.2) is 0 Å². The molecule has 1 fully saturated rings. The minimum absolute atomic E-state index is 0.396. The summed E-state index contributed by atoms with van der Waals surface area (Å²) in [7, 11) is 0. The van der Waals surface area contributed by atoms with Crippen LogP contribution in [-0.4, -0.2) is 24.2 Å². The molecular formula is C12H14Cl2N2O2. The topological polar surface area (TPSA) is 41.6 Å². The van der Waals surface area contributed by atoms with Gasteiger partial charge in [-0.15, -0.1) is 5.06 Å². The molecule has 0 saturated carbocycles. The molecule has 0 aliphatic carbocycles. The van der Waals surface area contributed by atoms with Gasteiger partial charge >= 0.3 is 6.09 Å². The van der Waals surface area contributed by atoms with Crippen molar-refractivity contribution < 1.29 is 9.63 Å². The summed E-state index contributed by atoms with van der Waals surface area (Å²) in [6.07, 6.45) is 2.80. The quantitative estimate of drug-likeness (QED) is 0.896. The molecule has 98 valence electrons. The molecule has 2 rings (SSSR count). The Labute approximate surface area is 116 Å². The minimum Gasteiger partial charge on any atom is -0.351 e. The van der Waals surface area contributed by atoms with Gasteiger partial charge in [-0.3, -0.25) is 5.32 Å². The number of rotatable bonds is 2. The molecule has 18 heavy (non-hydrogen) atoms. The summed E-state index contributed by atoms with van der Waals surface area (Å²) in [6, 6.07) is 4.88. The third-order valence-corrected chi connectivity index (χ3v) is 3.43. The van der Waals surface area contributed by atoms with Gasteiger partial charge in [0.1, 0.15) is 0 Å². The van der Waals surface area contributed by atoms with Crippen LogP contribution in [0.4, 0.5) is 10.5 Å². The number of nitrogens with zero attached hydrogens (tertiary/aromatic N) is 1. The maximum absolute atomic E-state index is 11.6. The number of anilines is 1. The van der Waals surface area contributed by atoms with Crippen molar-refractivity contribution in [2.24, 2.45) is 0 Å². The molecule has 0 atom stereocenters. The summed E-state index contributed by atoms with van der Waals surface area (Å²) in [4.78, 5) is 16.8. The highest BCUT2D eigenvalue weighted by atomic mass is 35.5. The van der Waals surface area contributed by atoms with Crippen molar-refractivity contribution in [3.8, 4) is 0 Å². The second kappa shape index (κ2) is 6.27. The number of piperidine rings is 1. The number of benzene rings is 1. The lowest BCUT2D eigenvalue weighted by molar-refractivity contribution is -0.105. The molecule has 0 bridgehead atoms. The van der Waals surface area contributed by atoms with Crippen LogP contribution in [0.15, 0.2) is 18.2 Å². The van der Waals surface area contributed by atoms with Gasteiger partial charge in [0.2, 0.25) is 0 Å². The highest BCUT2D eigenvalue weighted by Gasteiger charge is 2.15. The van der Waals surface area contributed by atoms with Gasteiger partial charge in [-0.25, -0.2) is 4.79 Å². The van der Waals surface area contributed by atoms with E-state index in [0.29, 0.717) is 15.7 Å². The summed E-state index contributed by atoms with van der Waals surface area (Å²) in [5, 5.41) is 5.13. The number of nitrogens with one attached hydrogen (secondary N) is 1. The van der Waals surface area contributed by atoms with Crippen molar-refractivity contribution in [3.05, 3.63) is 28.2 Å². The Bertz CT molecular complexity index is 434. The highest BCUT2D eigenvalue weighted by molar-refractivity contribution is 6.42. The van der Waals surface area contributed by atoms with E-state index in [1.165, 1.54) is 6.42 Å². The molecule has 1 aliphatic rings. The van der Waals surface area contributed by atoms with Crippen LogP contribution in [0.25, 0.3) is 0 Å². The number of amides is 1. The fourth-order valence-corrected chi connectivity index (χ4v) is 2.09. The van der Waals surface area contributed by atoms with Crippen LogP contribution >= 0.6 is 23.2 Å². The second-order valence-electron chi connectivity index (χ2n) is 4.12. The summed E-state index contributed by atoms with van der Waals surface area (Å²) >= 11 is 11.6. The van der Waals surface area contributed by atoms with Crippen LogP contribution in [0.3, 0.4) is 0 Å². The predicted molar refractivity (Wildman–Crippen MR) is 72.0 cm³/mol. The first-order valence-corrected chi connectivity index (χ1v) is 6.60. The van der Waals surface area contributed by atoms with Crippen LogP contribution in [0.1, 0.15) is 19.3 Å². The summed E-state index contributed by atoms with van der Waals surface area (Å²) in [6.45, 7) is 1.57. The van der Waals surface area contributed by atoms with Crippen molar-refractivity contribution in [1.82, 2.24) is 5.06 Å². The molecule has 4 nitrogen and oxygen atoms in total. The average molecular weight is 289 g/mol. The third kappa shape index (κ3) is 3.77. The summed E-state index contributed by atoms with van der Waals surface area (Å²) < 4.78 is 0. The van der Waals surface area contributed by atoms with E-state index in [-0.39, 0.29) is 0 Å². The van der Waals surface area contributed by atoms with Crippen LogP contribution in [0, 0.1) is 0 Å². The summed E-state index contributed by atoms with van der Waals surface area (Å²) in [5.41, 5.74) is 0.561. The lowest BCUT2D eigenvalue weighted by atomic mass is 10.2. The Kier molecular flexibility index (Phi) is 4.69. The van der Waals surface area contributed by atoms with Crippen molar-refractivity contribution in [2.75, 3.05) is 18.4 Å². The number of carbonyl (C=O) groups is 1. The maximum atomic E-state index is 11.6. The number of halogens is 2. The molecule has 1 saturated heterocycles. The zero-order valence-corrected chi connectivity index (χ0v) is 11.3. The zero-order valence-electron chi connectivity index (χ0n) is 9.79. The number of hydroxylamine groups is 2. The SMILES string of the molecule is O=C(Nc1ccc(Cl)c(Cl)c1)ON1CCCCC1. The monoisotopic (exact) mass is 288 g/mol. The lowest BCUT2D eigenvalue weighted by Crippen LogP contribution is -2.34. The fourth-order valence-electron chi connectivity index (χ4n) is 1.79. The largest absolute Gasteiger partial charge is 0.430 e. The smallest absolute Gasteiger partial charge is 0.351 e. The van der Waals surface area contributed by atoms with E-state index in [0.717, 1.165) is 25.9 Å². The van der Waals surface area contributed by atoms with E-state index in [4.69, 9.17) is 28.0 Å². The van der Waals surface area contributed by atoms with E-state index < -0.39 is 6.09 Å². The molecule has 1 aromatic carbocycles. The van der Waals surface area contributed by atoms with E-state index in [1.54, 1.807) is 23.3 Å². The molecule has 1 aliphatic heterocycles. The Morgan fingerprint density at radius 1 is 1.17 bits per heavy atom. The average Bonchev–Trinajstić information content (AvgIpc) is 2.35. The molecule has 1 N–H and O–H groups in total. The first kappa shape index (κ1) is 13.5. The molecule has 1 heterocycles. The van der Waals surface area contributed by atoms with Gasteiger partial charge in [-0.05, 0) is 31.0 Å². The molecular weight excluding hydrogens is 275 g/mol. The Morgan fingerprint density at radius 3 is 2.56 bits per heavy atom. The Morgan fingerprint density at radius 2 is 1.89 bits per heavy atom. The zero-order chi connectivity index (χ0) is 13.0. The van der Waals surface area contributed by atoms with Gasteiger partial charge in [-0.2, -0.15) is 0 Å². The van der Waals surface area contributed by atoms with Gasteiger partial charge in [-0.1, -0.05) is 29.6 Å². The standard InChI is InChI=1S/C12H14Cl2N2O2/c13-10-5-4-9(8-11(10)14)15-12(17)18-16-6-2-1-3-7-16/h4-5,8H,1-3,6-7H2,(H,15,17). The van der Waals surface area contributed by atoms with E-state index in [1.807, 2.05) is 0 Å². The van der Waals surface area contributed by atoms with Crippen LogP contribution in [0.2, 0.25) is 10.0 Å². The van der Waals surface area contributed by atoms with Crippen molar-refractivity contribution in [3.63, 3.8) is 0 Å². The Balaban J connectivity index is 1.88. The maximum Gasteiger partial charge on any atom is 0.430 e. The predicted octanol–water partition coefficient (Wildman–Crippen LogP) is 3.94. The molecule has 0 spiro atoms. The molecule has 0 aromatic heterocycles. The molecule has 1 aromatic rings. The van der Waals surface area contributed by atoms with E-state index >= 15 is 0 Å². The van der Waals surface area contributed by atoms with E-state index in [9.17, 15) is 4.79 Å². The summed E-state index contributed by atoms with van der Waals surface area (Å²) in [5.74, 6) is 0. The molecule has 6 heteroatoms. The van der Waals surface area contributed by atoms with Crippen molar-refractivity contribution in [2.45, 2.75) is 19.3 Å². The van der Waals surface area contributed by atoms with Crippen molar-refractivity contribution >= 4 is 35.0 Å². The molecule has 1 amide bonds. The van der Waals surface area contributed by atoms with Gasteiger partial charge in [0.05, 0.1) is 10.0 Å². The van der Waals surface area contributed by atoms with Crippen LogP contribution in [0.5, 0.6) is 0 Å². The number of carbonyl (C=O) groups excluding carboxylic acids is 1. The minimum atomic E-state index is -0.504. The first-order chi connectivity index (χ1) is 8.65. The normalized spacial score (nSPS) is 16.3. The lowest BCUT2D eigenvalue weighted by Gasteiger charge is -2.24. The molecule has 0 unspecified atom stereocenters. The van der Waals surface area contributed by atoms with E-state index in [2.05, 4.69) is 5.32 Å². The van der Waals surface area contributed by atoms with Crippen LogP contribution in [-0.2, 0) is 4.84 Å². The number of hydrogen-bond acceptors (Lipinski definition) is 3. The number of hydrogen-bond donors (Lipinski definition) is 1.